The number of carboxylic acid groups (broad SMARTS) is 2. The summed E-state index contributed by atoms with van der Waals surface area (Å²) >= 11 is 0. The van der Waals surface area contributed by atoms with Crippen molar-refractivity contribution in [2.45, 2.75) is 0 Å². The van der Waals surface area contributed by atoms with Crippen molar-refractivity contribution in [2.75, 3.05) is 0 Å². The van der Waals surface area contributed by atoms with E-state index in [1.807, 2.05) is 72.8 Å². The number of nitrogens with zero attached hydrogens (tertiary/aromatic N) is 6. The topological polar surface area (TPSA) is 184 Å². The maximum atomic E-state index is 12.6. The monoisotopic (exact) mass is 665 g/mol. The fraction of sp³-hybridized carbons (Fsp3) is 0. The Labute approximate surface area is 273 Å². The number of H-pyrrole nitrogens is 2. The number of benzene rings is 4. The van der Waals surface area contributed by atoms with Gasteiger partial charge in [0.05, 0.1) is 11.1 Å². The van der Waals surface area contributed by atoms with Crippen molar-refractivity contribution in [2.24, 2.45) is 0 Å². The molecule has 0 saturated heterocycles. The Bertz CT molecular complexity index is 2680. The number of aromatic carboxylic acids is 2. The van der Waals surface area contributed by atoms with Crippen LogP contribution in [0, 0.1) is 0 Å². The summed E-state index contributed by atoms with van der Waals surface area (Å²) in [5.41, 5.74) is 3.54. The van der Waals surface area contributed by atoms with Gasteiger partial charge in [0.1, 0.15) is 22.6 Å². The molecule has 13 heteroatoms. The van der Waals surface area contributed by atoms with Crippen LogP contribution in [0.1, 0.15) is 20.7 Å². The van der Waals surface area contributed by atoms with Gasteiger partial charge >= 0.3 is 29.0 Å². The third-order valence-electron chi connectivity index (χ3n) is 8.16. The zero-order chi connectivity index (χ0) is 31.1. The first-order valence-corrected chi connectivity index (χ1v) is 14.2. The molecule has 9 rings (SSSR count). The number of hydrogen-bond acceptors (Lipinski definition) is 8. The van der Waals surface area contributed by atoms with E-state index in [1.165, 1.54) is 12.1 Å². The van der Waals surface area contributed by atoms with Crippen LogP contribution in [-0.2, 0) is 17.1 Å². The first kappa shape index (κ1) is 28.2. The van der Waals surface area contributed by atoms with Crippen LogP contribution < -0.4 is 0 Å². The first-order valence-electron chi connectivity index (χ1n) is 14.2. The second-order valence-electron chi connectivity index (χ2n) is 10.8. The van der Waals surface area contributed by atoms with Gasteiger partial charge in [-0.05, 0) is 12.1 Å². The molecule has 228 valence electrons. The predicted molar refractivity (Wildman–Crippen MR) is 170 cm³/mol. The Hall–Kier alpha value is -6.30. The van der Waals surface area contributed by atoms with E-state index in [0.29, 0.717) is 39.7 Å². The van der Waals surface area contributed by atoms with Crippen molar-refractivity contribution >= 4 is 56.1 Å². The number of rotatable bonds is 2. The minimum absolute atomic E-state index is 0. The molecule has 4 aromatic carbocycles. The summed E-state index contributed by atoms with van der Waals surface area (Å²) in [4.78, 5) is 60.3. The molecule has 4 N–H and O–H groups in total. The van der Waals surface area contributed by atoms with Gasteiger partial charge in [-0.25, -0.2) is 39.5 Å². The first-order chi connectivity index (χ1) is 22.4. The molecule has 0 unspecified atom stereocenters. The number of fused-ring (bicyclic) bond motifs is 20. The van der Waals surface area contributed by atoms with Gasteiger partial charge in [0.25, 0.3) is 0 Å². The smallest absolute Gasteiger partial charge is 0.478 e. The van der Waals surface area contributed by atoms with Gasteiger partial charge in [0, 0.05) is 43.8 Å². The van der Waals surface area contributed by atoms with Crippen LogP contribution in [0.3, 0.4) is 0 Å². The van der Waals surface area contributed by atoms with E-state index in [9.17, 15) is 19.8 Å². The molecule has 0 fully saturated rings. The largest absolute Gasteiger partial charge is 1.00 e. The van der Waals surface area contributed by atoms with E-state index in [0.717, 1.165) is 27.5 Å². The van der Waals surface area contributed by atoms with E-state index in [-0.39, 0.29) is 45.1 Å². The number of hydrogen-bond donors (Lipinski definition) is 4. The summed E-state index contributed by atoms with van der Waals surface area (Å²) in [5, 5.41) is 22.3. The third-order valence-corrected chi connectivity index (χ3v) is 8.16. The molecule has 0 radical (unpaired) electrons. The molecule has 7 aromatic rings. The van der Waals surface area contributed by atoms with Crippen LogP contribution in [0.4, 0.5) is 0 Å². The van der Waals surface area contributed by atoms with Crippen LogP contribution in [0.2, 0.25) is 0 Å². The van der Waals surface area contributed by atoms with Crippen LogP contribution in [0.15, 0.2) is 84.9 Å². The quantitative estimate of drug-likeness (QED) is 0.154. The SMILES string of the molecule is O=C(O)c1ccc2c3nc4nc(nc5[nH]c(nc6nc(nc([nH]3)c2c1C(=O)O)-c1ccccc1-6)c1ccccc51)-c1ccccc1-4.[Cu+]. The van der Waals surface area contributed by atoms with Crippen molar-refractivity contribution < 1.29 is 36.9 Å². The van der Waals surface area contributed by atoms with E-state index in [2.05, 4.69) is 9.97 Å². The Kier molecular flexibility index (Phi) is 6.22. The van der Waals surface area contributed by atoms with Gasteiger partial charge in [-0.1, -0.05) is 72.8 Å². The molecule has 0 spiro atoms. The van der Waals surface area contributed by atoms with E-state index < -0.39 is 17.5 Å². The van der Waals surface area contributed by atoms with Gasteiger partial charge < -0.3 is 20.2 Å². The van der Waals surface area contributed by atoms with Gasteiger partial charge in [-0.3, -0.25) is 0 Å². The molecule has 12 nitrogen and oxygen atoms in total. The zero-order valence-corrected chi connectivity index (χ0v) is 24.7. The number of carboxylic acids is 2. The normalized spacial score (nSPS) is 11.6. The summed E-state index contributed by atoms with van der Waals surface area (Å²) < 4.78 is 0. The molecule has 0 amide bonds. The second-order valence-corrected chi connectivity index (χ2v) is 10.8. The standard InChI is InChI=1S/C34H18N8O4.Cu/c43-33(44)22-14-13-21-23(24(22)34(45)46)32-41-30-20-12-6-5-11-19(20)28(39-30)37-26-16-8-2-1-7-15(16)25(35-26)36-27-17-9-3-4-10-18(17)29(38-27)40-31(21)42-32;/h1-14H,(H,43,44)(H,45,46)(H2,35,36,37,38,39,40,41,42);/q;+1. The average Bonchev–Trinajstić information content (AvgIpc) is 3.80. The fourth-order valence-corrected chi connectivity index (χ4v) is 6.13. The van der Waals surface area contributed by atoms with Crippen LogP contribution in [-0.4, -0.2) is 62.0 Å². The molecule has 8 bridgehead atoms. The van der Waals surface area contributed by atoms with Crippen molar-refractivity contribution in [1.82, 2.24) is 39.9 Å². The van der Waals surface area contributed by atoms with Crippen molar-refractivity contribution in [3.05, 3.63) is 96.1 Å². The number of carbonyl (C=O) groups is 2. The number of nitrogens with one attached hydrogen (secondary N) is 2. The summed E-state index contributed by atoms with van der Waals surface area (Å²) in [7, 11) is 0. The maximum absolute atomic E-state index is 12.6. The molecular weight excluding hydrogens is 648 g/mol. The van der Waals surface area contributed by atoms with Crippen molar-refractivity contribution in [1.29, 1.82) is 0 Å². The Balaban J connectivity index is 0.00000324. The Morgan fingerprint density at radius 1 is 0.468 bits per heavy atom. The minimum Gasteiger partial charge on any atom is -0.478 e. The van der Waals surface area contributed by atoms with Crippen molar-refractivity contribution in [3.63, 3.8) is 0 Å². The summed E-state index contributed by atoms with van der Waals surface area (Å²) in [6.07, 6.45) is 0. The summed E-state index contributed by atoms with van der Waals surface area (Å²) in [5.74, 6) is -1.36. The third kappa shape index (κ3) is 4.21. The Morgan fingerprint density at radius 3 is 1.32 bits per heavy atom. The van der Waals surface area contributed by atoms with Crippen molar-refractivity contribution in [3.8, 4) is 45.6 Å². The van der Waals surface area contributed by atoms with Gasteiger partial charge in [0.15, 0.2) is 23.3 Å². The minimum atomic E-state index is -1.42. The summed E-state index contributed by atoms with van der Waals surface area (Å²) in [6, 6.07) is 25.5. The maximum Gasteiger partial charge on any atom is 1.00 e. The molecule has 5 heterocycles. The van der Waals surface area contributed by atoms with Gasteiger partial charge in [-0.15, -0.1) is 0 Å². The van der Waals surface area contributed by atoms with Crippen LogP contribution in [0.5, 0.6) is 0 Å². The molecule has 2 aliphatic rings. The van der Waals surface area contributed by atoms with Crippen LogP contribution >= 0.6 is 0 Å². The zero-order valence-electron chi connectivity index (χ0n) is 23.8. The molecule has 0 saturated carbocycles. The molecule has 0 atom stereocenters. The molecule has 3 aromatic heterocycles. The van der Waals surface area contributed by atoms with E-state index in [4.69, 9.17) is 29.9 Å². The molecule has 0 aliphatic carbocycles. The summed E-state index contributed by atoms with van der Waals surface area (Å²) in [6.45, 7) is 0. The number of aromatic nitrogens is 8. The van der Waals surface area contributed by atoms with Gasteiger partial charge in [-0.2, -0.15) is 0 Å². The van der Waals surface area contributed by atoms with E-state index in [1.54, 1.807) is 0 Å². The molecule has 2 aliphatic heterocycles. The van der Waals surface area contributed by atoms with Crippen LogP contribution in [0.25, 0.3) is 89.7 Å². The Morgan fingerprint density at radius 2 is 0.872 bits per heavy atom. The second kappa shape index (κ2) is 10.4. The van der Waals surface area contributed by atoms with E-state index >= 15 is 0 Å². The fourth-order valence-electron chi connectivity index (χ4n) is 6.13. The van der Waals surface area contributed by atoms with Gasteiger partial charge in [0.2, 0.25) is 0 Å². The number of aromatic amines is 2. The predicted octanol–water partition coefficient (Wildman–Crippen LogP) is 6.26. The molecule has 47 heavy (non-hydrogen) atoms. The molecular formula is C34H18CuN8O4+. The average molecular weight is 666 g/mol.